The molecule has 3 nitrogen and oxygen atoms in total. The lowest BCUT2D eigenvalue weighted by Gasteiger charge is -2.11. The van der Waals surface area contributed by atoms with E-state index < -0.39 is 0 Å². The van der Waals surface area contributed by atoms with E-state index in [1.807, 2.05) is 55.5 Å². The lowest BCUT2D eigenvalue weighted by atomic mass is 10.1. The maximum absolute atomic E-state index is 6.10. The topological polar surface area (TPSA) is 34.1 Å². The molecule has 0 unspecified atom stereocenters. The van der Waals surface area contributed by atoms with Crippen LogP contribution in [0.2, 0.25) is 5.02 Å². The van der Waals surface area contributed by atoms with Crippen molar-refractivity contribution in [2.75, 3.05) is 12.4 Å². The standard InChI is InChI=1S/C17H15ClN2O.ClH/c1-11-9-17(15-10-12(18)3-8-16(15)19-11)20-13-4-6-14(21-2)7-5-13;/h3-10H,1-2H3,(H,19,20);1H. The highest BCUT2D eigenvalue weighted by atomic mass is 35.5. The van der Waals surface area contributed by atoms with Crippen LogP contribution in [0, 0.1) is 6.92 Å². The van der Waals surface area contributed by atoms with Gasteiger partial charge in [0.15, 0.2) is 0 Å². The zero-order valence-electron chi connectivity index (χ0n) is 12.3. The van der Waals surface area contributed by atoms with E-state index in [4.69, 9.17) is 16.3 Å². The number of methoxy groups -OCH3 is 1. The van der Waals surface area contributed by atoms with Gasteiger partial charge in [0.1, 0.15) is 5.75 Å². The first-order chi connectivity index (χ1) is 10.2. The van der Waals surface area contributed by atoms with Gasteiger partial charge in [0.2, 0.25) is 0 Å². The minimum absolute atomic E-state index is 0. The zero-order valence-corrected chi connectivity index (χ0v) is 13.8. The number of hydrogen-bond donors (Lipinski definition) is 1. The molecule has 0 saturated heterocycles. The number of nitrogens with zero attached hydrogens (tertiary/aromatic N) is 1. The average molecular weight is 335 g/mol. The number of pyridine rings is 1. The molecule has 0 fully saturated rings. The molecule has 1 N–H and O–H groups in total. The number of fused-ring (bicyclic) bond motifs is 1. The molecule has 0 amide bonds. The van der Waals surface area contributed by atoms with Crippen LogP contribution >= 0.6 is 24.0 Å². The number of anilines is 2. The van der Waals surface area contributed by atoms with Crippen molar-refractivity contribution < 1.29 is 4.74 Å². The Hall–Kier alpha value is -1.97. The van der Waals surface area contributed by atoms with E-state index in [1.165, 1.54) is 0 Å². The first-order valence-corrected chi connectivity index (χ1v) is 7.01. The lowest BCUT2D eigenvalue weighted by molar-refractivity contribution is 0.415. The Balaban J connectivity index is 0.00000176. The molecule has 0 aliphatic heterocycles. The molecule has 0 spiro atoms. The van der Waals surface area contributed by atoms with Crippen molar-refractivity contribution in [1.82, 2.24) is 4.98 Å². The Morgan fingerprint density at radius 3 is 2.45 bits per heavy atom. The molecular weight excluding hydrogens is 319 g/mol. The van der Waals surface area contributed by atoms with E-state index in [0.717, 1.165) is 33.7 Å². The maximum atomic E-state index is 6.10. The largest absolute Gasteiger partial charge is 0.497 e. The molecular formula is C17H16Cl2N2O. The van der Waals surface area contributed by atoms with Crippen molar-refractivity contribution >= 4 is 46.3 Å². The van der Waals surface area contributed by atoms with Gasteiger partial charge in [-0.1, -0.05) is 11.6 Å². The maximum Gasteiger partial charge on any atom is 0.119 e. The number of rotatable bonds is 3. The average Bonchev–Trinajstić information content (AvgIpc) is 2.49. The second-order valence-electron chi connectivity index (χ2n) is 4.83. The first-order valence-electron chi connectivity index (χ1n) is 6.64. The van der Waals surface area contributed by atoms with Crippen molar-refractivity contribution in [3.05, 3.63) is 59.2 Å². The van der Waals surface area contributed by atoms with Gasteiger partial charge in [-0.3, -0.25) is 4.98 Å². The summed E-state index contributed by atoms with van der Waals surface area (Å²) < 4.78 is 5.17. The Morgan fingerprint density at radius 2 is 1.77 bits per heavy atom. The van der Waals surface area contributed by atoms with Crippen LogP contribution in [0.25, 0.3) is 10.9 Å². The smallest absolute Gasteiger partial charge is 0.119 e. The fraction of sp³-hybridized carbons (Fsp3) is 0.118. The van der Waals surface area contributed by atoms with E-state index in [9.17, 15) is 0 Å². The zero-order chi connectivity index (χ0) is 14.8. The van der Waals surface area contributed by atoms with Gasteiger partial charge in [-0.25, -0.2) is 0 Å². The Kier molecular flexibility index (Phi) is 5.11. The minimum Gasteiger partial charge on any atom is -0.497 e. The van der Waals surface area contributed by atoms with Gasteiger partial charge in [0, 0.05) is 27.5 Å². The molecule has 0 saturated carbocycles. The molecule has 3 aromatic rings. The third-order valence-corrected chi connectivity index (χ3v) is 3.50. The monoisotopic (exact) mass is 334 g/mol. The molecule has 0 bridgehead atoms. The molecule has 0 aliphatic rings. The van der Waals surface area contributed by atoms with E-state index >= 15 is 0 Å². The molecule has 3 rings (SSSR count). The number of halogens is 2. The van der Waals surface area contributed by atoms with E-state index in [1.54, 1.807) is 7.11 Å². The van der Waals surface area contributed by atoms with Crippen LogP contribution in [0.15, 0.2) is 48.5 Å². The molecule has 1 heterocycles. The fourth-order valence-electron chi connectivity index (χ4n) is 2.26. The highest BCUT2D eigenvalue weighted by molar-refractivity contribution is 6.31. The summed E-state index contributed by atoms with van der Waals surface area (Å²) in [6.45, 7) is 1.98. The molecule has 22 heavy (non-hydrogen) atoms. The molecule has 1 aromatic heterocycles. The minimum atomic E-state index is 0. The molecule has 0 radical (unpaired) electrons. The second-order valence-corrected chi connectivity index (χ2v) is 5.26. The Bertz CT molecular complexity index is 789. The predicted molar refractivity (Wildman–Crippen MR) is 95.0 cm³/mol. The number of nitrogens with one attached hydrogen (secondary N) is 1. The van der Waals surface area contributed by atoms with Gasteiger partial charge in [-0.2, -0.15) is 0 Å². The summed E-state index contributed by atoms with van der Waals surface area (Å²) in [4.78, 5) is 4.53. The Morgan fingerprint density at radius 1 is 1.05 bits per heavy atom. The van der Waals surface area contributed by atoms with Crippen LogP contribution in [-0.4, -0.2) is 12.1 Å². The van der Waals surface area contributed by atoms with Crippen LogP contribution in [-0.2, 0) is 0 Å². The number of benzene rings is 2. The van der Waals surface area contributed by atoms with Crippen molar-refractivity contribution in [3.8, 4) is 5.75 Å². The van der Waals surface area contributed by atoms with Crippen molar-refractivity contribution in [3.63, 3.8) is 0 Å². The summed E-state index contributed by atoms with van der Waals surface area (Å²) >= 11 is 6.10. The number of aromatic nitrogens is 1. The fourth-order valence-corrected chi connectivity index (χ4v) is 2.44. The summed E-state index contributed by atoms with van der Waals surface area (Å²) in [5, 5.41) is 5.12. The summed E-state index contributed by atoms with van der Waals surface area (Å²) in [5.41, 5.74) is 3.86. The predicted octanol–water partition coefficient (Wildman–Crippen LogP) is 5.37. The van der Waals surface area contributed by atoms with E-state index in [0.29, 0.717) is 5.02 Å². The van der Waals surface area contributed by atoms with Crippen molar-refractivity contribution in [1.29, 1.82) is 0 Å². The number of hydrogen-bond acceptors (Lipinski definition) is 3. The van der Waals surface area contributed by atoms with Crippen LogP contribution in [0.5, 0.6) is 5.75 Å². The summed E-state index contributed by atoms with van der Waals surface area (Å²) in [5.74, 6) is 0.833. The summed E-state index contributed by atoms with van der Waals surface area (Å²) in [6, 6.07) is 15.5. The molecule has 5 heteroatoms. The Labute approximate surface area is 140 Å². The summed E-state index contributed by atoms with van der Waals surface area (Å²) in [7, 11) is 1.66. The normalized spacial score (nSPS) is 10.1. The third-order valence-electron chi connectivity index (χ3n) is 3.27. The van der Waals surface area contributed by atoms with Gasteiger partial charge in [0.05, 0.1) is 12.6 Å². The second kappa shape index (κ2) is 6.86. The lowest BCUT2D eigenvalue weighted by Crippen LogP contribution is -1.95. The van der Waals surface area contributed by atoms with Gasteiger partial charge in [-0.15, -0.1) is 12.4 Å². The van der Waals surface area contributed by atoms with Gasteiger partial charge in [0.25, 0.3) is 0 Å². The van der Waals surface area contributed by atoms with Crippen molar-refractivity contribution in [2.45, 2.75) is 6.92 Å². The highest BCUT2D eigenvalue weighted by Crippen LogP contribution is 2.29. The molecule has 2 aromatic carbocycles. The molecule has 114 valence electrons. The van der Waals surface area contributed by atoms with E-state index in [-0.39, 0.29) is 12.4 Å². The van der Waals surface area contributed by atoms with E-state index in [2.05, 4.69) is 10.3 Å². The quantitative estimate of drug-likeness (QED) is 0.699. The number of aryl methyl sites for hydroxylation is 1. The van der Waals surface area contributed by atoms with Gasteiger partial charge < -0.3 is 10.1 Å². The van der Waals surface area contributed by atoms with Crippen molar-refractivity contribution in [2.24, 2.45) is 0 Å². The van der Waals surface area contributed by atoms with Crippen LogP contribution < -0.4 is 10.1 Å². The highest BCUT2D eigenvalue weighted by Gasteiger charge is 2.05. The van der Waals surface area contributed by atoms with Crippen LogP contribution in [0.4, 0.5) is 11.4 Å². The number of ether oxygens (including phenoxy) is 1. The van der Waals surface area contributed by atoms with Gasteiger partial charge >= 0.3 is 0 Å². The third kappa shape index (κ3) is 3.43. The molecule has 0 atom stereocenters. The SMILES string of the molecule is COc1ccc(Nc2cc(C)nc3ccc(Cl)cc23)cc1.Cl. The van der Waals surface area contributed by atoms with Crippen LogP contribution in [0.1, 0.15) is 5.69 Å². The summed E-state index contributed by atoms with van der Waals surface area (Å²) in [6.07, 6.45) is 0. The van der Waals surface area contributed by atoms with Crippen LogP contribution in [0.3, 0.4) is 0 Å². The molecule has 0 aliphatic carbocycles. The first kappa shape index (κ1) is 16.4. The van der Waals surface area contributed by atoms with Gasteiger partial charge in [-0.05, 0) is 55.5 Å².